The van der Waals surface area contributed by atoms with Gasteiger partial charge in [0.15, 0.2) is 0 Å². The average molecular weight is 266 g/mol. The summed E-state index contributed by atoms with van der Waals surface area (Å²) in [6.07, 6.45) is 0.321. The first-order valence-electron chi connectivity index (χ1n) is 5.72. The van der Waals surface area contributed by atoms with E-state index < -0.39 is 0 Å². The number of thiocarbonyl (C=S) groups is 1. The van der Waals surface area contributed by atoms with E-state index in [-0.39, 0.29) is 11.8 Å². The van der Waals surface area contributed by atoms with Crippen molar-refractivity contribution in [3.8, 4) is 5.75 Å². The molecule has 4 nitrogen and oxygen atoms in total. The van der Waals surface area contributed by atoms with Crippen molar-refractivity contribution in [1.29, 1.82) is 0 Å². The molecule has 1 aromatic carbocycles. The smallest absolute Gasteiger partial charge is 0.224 e. The number of nitrogens with one attached hydrogen (secondary N) is 1. The molecule has 0 aliphatic carbocycles. The molecule has 0 radical (unpaired) electrons. The molecule has 1 aromatic rings. The lowest BCUT2D eigenvalue weighted by atomic mass is 10.1. The molecule has 1 atom stereocenters. The van der Waals surface area contributed by atoms with Crippen molar-refractivity contribution in [3.63, 3.8) is 0 Å². The van der Waals surface area contributed by atoms with Crippen molar-refractivity contribution in [1.82, 2.24) is 5.32 Å². The van der Waals surface area contributed by atoms with Gasteiger partial charge in [0.05, 0.1) is 18.5 Å². The third-order valence-electron chi connectivity index (χ3n) is 2.59. The molecule has 0 heterocycles. The van der Waals surface area contributed by atoms with E-state index in [0.29, 0.717) is 18.0 Å². The van der Waals surface area contributed by atoms with E-state index in [1.165, 1.54) is 0 Å². The van der Waals surface area contributed by atoms with E-state index in [0.717, 1.165) is 11.3 Å². The normalized spacial score (nSPS) is 11.7. The first-order chi connectivity index (χ1) is 8.52. The van der Waals surface area contributed by atoms with E-state index in [1.807, 2.05) is 31.2 Å². The highest BCUT2D eigenvalue weighted by atomic mass is 32.1. The van der Waals surface area contributed by atoms with Crippen LogP contribution in [0.2, 0.25) is 0 Å². The maximum atomic E-state index is 11.7. The molecule has 0 fully saturated rings. The molecular weight excluding hydrogens is 248 g/mol. The van der Waals surface area contributed by atoms with E-state index in [9.17, 15) is 4.79 Å². The SMILES string of the molecule is COc1cccc(CC(=O)NCC(C)C(N)=S)c1. The van der Waals surface area contributed by atoms with Crippen LogP contribution in [0.25, 0.3) is 0 Å². The monoisotopic (exact) mass is 266 g/mol. The van der Waals surface area contributed by atoms with Crippen LogP contribution in [0.15, 0.2) is 24.3 Å². The molecule has 0 bridgehead atoms. The van der Waals surface area contributed by atoms with Crippen LogP contribution in [0, 0.1) is 5.92 Å². The number of hydrogen-bond acceptors (Lipinski definition) is 3. The van der Waals surface area contributed by atoms with Gasteiger partial charge in [0.1, 0.15) is 5.75 Å². The largest absolute Gasteiger partial charge is 0.497 e. The Bertz CT molecular complexity index is 435. The third kappa shape index (κ3) is 4.71. The zero-order valence-corrected chi connectivity index (χ0v) is 11.4. The Morgan fingerprint density at radius 3 is 2.89 bits per heavy atom. The Morgan fingerprint density at radius 1 is 1.56 bits per heavy atom. The molecule has 0 saturated carbocycles. The fourth-order valence-electron chi connectivity index (χ4n) is 1.40. The molecular formula is C13H18N2O2S. The minimum Gasteiger partial charge on any atom is -0.497 e. The first-order valence-corrected chi connectivity index (χ1v) is 6.12. The summed E-state index contributed by atoms with van der Waals surface area (Å²) < 4.78 is 5.10. The summed E-state index contributed by atoms with van der Waals surface area (Å²) in [7, 11) is 1.60. The highest BCUT2D eigenvalue weighted by Gasteiger charge is 2.08. The average Bonchev–Trinajstić information content (AvgIpc) is 2.36. The molecule has 18 heavy (non-hydrogen) atoms. The fraction of sp³-hybridized carbons (Fsp3) is 0.385. The number of benzene rings is 1. The molecule has 1 rings (SSSR count). The topological polar surface area (TPSA) is 64.3 Å². The van der Waals surface area contributed by atoms with Gasteiger partial charge in [-0.1, -0.05) is 31.3 Å². The second-order valence-corrected chi connectivity index (χ2v) is 4.61. The second-order valence-electron chi connectivity index (χ2n) is 4.14. The summed E-state index contributed by atoms with van der Waals surface area (Å²) in [5.41, 5.74) is 6.39. The van der Waals surface area contributed by atoms with Gasteiger partial charge >= 0.3 is 0 Å². The Labute approximate surface area is 113 Å². The second kappa shape index (κ2) is 6.96. The van der Waals surface area contributed by atoms with Crippen LogP contribution in [0.1, 0.15) is 12.5 Å². The molecule has 1 amide bonds. The number of carbonyl (C=O) groups is 1. The lowest BCUT2D eigenvalue weighted by Gasteiger charge is -2.11. The lowest BCUT2D eigenvalue weighted by molar-refractivity contribution is -0.120. The zero-order valence-electron chi connectivity index (χ0n) is 10.6. The van der Waals surface area contributed by atoms with Gasteiger partial charge in [-0.25, -0.2) is 0 Å². The number of rotatable bonds is 6. The summed E-state index contributed by atoms with van der Waals surface area (Å²) in [5.74, 6) is 0.706. The molecule has 98 valence electrons. The van der Waals surface area contributed by atoms with Gasteiger partial charge in [-0.2, -0.15) is 0 Å². The molecule has 0 aliphatic heterocycles. The summed E-state index contributed by atoms with van der Waals surface area (Å²) in [5, 5.41) is 2.80. The molecule has 1 unspecified atom stereocenters. The number of methoxy groups -OCH3 is 1. The standard InChI is InChI=1S/C13H18N2O2S/c1-9(13(14)18)8-15-12(16)7-10-4-3-5-11(6-10)17-2/h3-6,9H,7-8H2,1-2H3,(H2,14,18)(H,15,16). The maximum Gasteiger partial charge on any atom is 0.224 e. The number of nitrogens with two attached hydrogens (primary N) is 1. The van der Waals surface area contributed by atoms with Gasteiger partial charge < -0.3 is 15.8 Å². The fourth-order valence-corrected chi connectivity index (χ4v) is 1.48. The van der Waals surface area contributed by atoms with Crippen molar-refractivity contribution in [2.24, 2.45) is 11.7 Å². The molecule has 0 saturated heterocycles. The Morgan fingerprint density at radius 2 is 2.28 bits per heavy atom. The van der Waals surface area contributed by atoms with Gasteiger partial charge in [-0.3, -0.25) is 4.79 Å². The minimum absolute atomic E-state index is 0.00857. The van der Waals surface area contributed by atoms with E-state index in [2.05, 4.69) is 5.32 Å². The van der Waals surface area contributed by atoms with Crippen molar-refractivity contribution in [2.75, 3.05) is 13.7 Å². The predicted octanol–water partition coefficient (Wildman–Crippen LogP) is 1.28. The lowest BCUT2D eigenvalue weighted by Crippen LogP contribution is -2.34. The van der Waals surface area contributed by atoms with Crippen LogP contribution in [0.4, 0.5) is 0 Å². The number of hydrogen-bond donors (Lipinski definition) is 2. The predicted molar refractivity (Wildman–Crippen MR) is 75.7 cm³/mol. The Kier molecular flexibility index (Phi) is 5.58. The van der Waals surface area contributed by atoms with Gasteiger partial charge in [0.25, 0.3) is 0 Å². The molecule has 0 aliphatic rings. The van der Waals surface area contributed by atoms with Crippen LogP contribution in [-0.2, 0) is 11.2 Å². The van der Waals surface area contributed by atoms with Crippen molar-refractivity contribution in [3.05, 3.63) is 29.8 Å². The summed E-state index contributed by atoms with van der Waals surface area (Å²) in [6.45, 7) is 2.35. The molecule has 0 spiro atoms. The molecule has 3 N–H and O–H groups in total. The van der Waals surface area contributed by atoms with Gasteiger partial charge in [-0.15, -0.1) is 0 Å². The van der Waals surface area contributed by atoms with Gasteiger partial charge in [0.2, 0.25) is 5.91 Å². The van der Waals surface area contributed by atoms with E-state index >= 15 is 0 Å². The van der Waals surface area contributed by atoms with E-state index in [1.54, 1.807) is 7.11 Å². The van der Waals surface area contributed by atoms with Crippen molar-refractivity contribution in [2.45, 2.75) is 13.3 Å². The zero-order chi connectivity index (χ0) is 13.5. The Hall–Kier alpha value is -1.62. The van der Waals surface area contributed by atoms with Gasteiger partial charge in [-0.05, 0) is 17.7 Å². The maximum absolute atomic E-state index is 11.7. The summed E-state index contributed by atoms with van der Waals surface area (Å²) in [6, 6.07) is 7.44. The van der Waals surface area contributed by atoms with Gasteiger partial charge in [0, 0.05) is 12.5 Å². The Balaban J connectivity index is 2.46. The van der Waals surface area contributed by atoms with Crippen LogP contribution in [0.5, 0.6) is 5.75 Å². The quantitative estimate of drug-likeness (QED) is 0.761. The summed E-state index contributed by atoms with van der Waals surface area (Å²) in [4.78, 5) is 12.1. The highest BCUT2D eigenvalue weighted by Crippen LogP contribution is 2.12. The first kappa shape index (κ1) is 14.4. The number of amides is 1. The minimum atomic E-state index is -0.0497. The van der Waals surface area contributed by atoms with E-state index in [4.69, 9.17) is 22.7 Å². The van der Waals surface area contributed by atoms with Crippen molar-refractivity contribution >= 4 is 23.1 Å². The van der Waals surface area contributed by atoms with Crippen LogP contribution < -0.4 is 15.8 Å². The third-order valence-corrected chi connectivity index (χ3v) is 2.99. The van der Waals surface area contributed by atoms with Crippen molar-refractivity contribution < 1.29 is 9.53 Å². The van der Waals surface area contributed by atoms with Crippen LogP contribution in [0.3, 0.4) is 0 Å². The van der Waals surface area contributed by atoms with Crippen LogP contribution >= 0.6 is 12.2 Å². The molecule has 0 aromatic heterocycles. The molecule has 5 heteroatoms. The summed E-state index contributed by atoms with van der Waals surface area (Å²) >= 11 is 4.84. The van der Waals surface area contributed by atoms with Crippen LogP contribution in [-0.4, -0.2) is 24.6 Å². The number of carbonyl (C=O) groups excluding carboxylic acids is 1. The highest BCUT2D eigenvalue weighted by molar-refractivity contribution is 7.80. The number of ether oxygens (including phenoxy) is 1.